The van der Waals surface area contributed by atoms with Crippen LogP contribution in [0.3, 0.4) is 0 Å². The van der Waals surface area contributed by atoms with Gasteiger partial charge in [0.15, 0.2) is 0 Å². The third-order valence-corrected chi connectivity index (χ3v) is 3.88. The summed E-state index contributed by atoms with van der Waals surface area (Å²) in [5, 5.41) is 2.93. The Balaban J connectivity index is 1.76. The molecule has 2 aromatic rings. The molecular weight excluding hydrogens is 306 g/mol. The molecule has 5 nitrogen and oxygen atoms in total. The van der Waals surface area contributed by atoms with Crippen LogP contribution in [-0.2, 0) is 11.2 Å². The van der Waals surface area contributed by atoms with Gasteiger partial charge in [-0.05, 0) is 48.4 Å². The van der Waals surface area contributed by atoms with Crippen LogP contribution in [0.1, 0.15) is 21.5 Å². The molecule has 1 heterocycles. The fourth-order valence-corrected chi connectivity index (χ4v) is 2.61. The van der Waals surface area contributed by atoms with E-state index in [2.05, 4.69) is 5.32 Å². The first-order valence-electron chi connectivity index (χ1n) is 7.97. The molecule has 0 aliphatic carbocycles. The van der Waals surface area contributed by atoms with Gasteiger partial charge in [-0.3, -0.25) is 4.79 Å². The molecule has 2 aromatic carbocycles. The highest BCUT2D eigenvalue weighted by Gasteiger charge is 2.16. The number of amides is 1. The average Bonchev–Trinajstić information content (AvgIpc) is 3.05. The van der Waals surface area contributed by atoms with Crippen molar-refractivity contribution in [3.63, 3.8) is 0 Å². The number of rotatable bonds is 6. The third kappa shape index (κ3) is 3.68. The first kappa shape index (κ1) is 16.3. The van der Waals surface area contributed by atoms with Gasteiger partial charge in [0.2, 0.25) is 0 Å². The number of carbonyl (C=O) groups is 1. The Morgan fingerprint density at radius 1 is 1.21 bits per heavy atom. The van der Waals surface area contributed by atoms with Gasteiger partial charge in [-0.25, -0.2) is 0 Å². The molecule has 0 atom stereocenters. The van der Waals surface area contributed by atoms with Crippen LogP contribution in [0.25, 0.3) is 0 Å². The van der Waals surface area contributed by atoms with E-state index in [-0.39, 0.29) is 5.91 Å². The van der Waals surface area contributed by atoms with E-state index in [0.717, 1.165) is 23.3 Å². The van der Waals surface area contributed by atoms with Gasteiger partial charge < -0.3 is 19.5 Å². The fourth-order valence-electron chi connectivity index (χ4n) is 2.61. The third-order valence-electron chi connectivity index (χ3n) is 3.88. The van der Waals surface area contributed by atoms with Gasteiger partial charge >= 0.3 is 0 Å². The molecule has 0 spiro atoms. The van der Waals surface area contributed by atoms with Crippen LogP contribution < -0.4 is 14.8 Å². The summed E-state index contributed by atoms with van der Waals surface area (Å²) in [6.07, 6.45) is 0.840. The van der Waals surface area contributed by atoms with Crippen LogP contribution in [0.4, 0.5) is 5.69 Å². The van der Waals surface area contributed by atoms with Crippen LogP contribution >= 0.6 is 0 Å². The van der Waals surface area contributed by atoms with Crippen LogP contribution in [-0.4, -0.2) is 32.8 Å². The first-order chi connectivity index (χ1) is 11.7. The molecule has 1 N–H and O–H groups in total. The largest absolute Gasteiger partial charge is 0.493 e. The summed E-state index contributed by atoms with van der Waals surface area (Å²) in [6, 6.07) is 11.2. The molecule has 1 aliphatic rings. The van der Waals surface area contributed by atoms with Crippen molar-refractivity contribution in [3.05, 3.63) is 53.1 Å². The lowest BCUT2D eigenvalue weighted by atomic mass is 10.1. The number of benzene rings is 2. The minimum atomic E-state index is -0.162. The van der Waals surface area contributed by atoms with Crippen molar-refractivity contribution in [1.82, 2.24) is 0 Å². The first-order valence-corrected chi connectivity index (χ1v) is 7.97. The zero-order chi connectivity index (χ0) is 16.9. The normalized spacial score (nSPS) is 12.4. The van der Waals surface area contributed by atoms with Crippen molar-refractivity contribution in [1.29, 1.82) is 0 Å². The Morgan fingerprint density at radius 3 is 2.92 bits per heavy atom. The highest BCUT2D eigenvalue weighted by Crippen LogP contribution is 2.28. The number of ether oxygens (including phenoxy) is 3. The SMILES string of the molecule is COCCOc1cc(C)ccc1NC(=O)c1ccc2c(c1)CCO2. The van der Waals surface area contributed by atoms with E-state index in [9.17, 15) is 4.79 Å². The Labute approximate surface area is 141 Å². The zero-order valence-electron chi connectivity index (χ0n) is 13.9. The van der Waals surface area contributed by atoms with Gasteiger partial charge in [-0.2, -0.15) is 0 Å². The monoisotopic (exact) mass is 327 g/mol. The number of aryl methyl sites for hydroxylation is 1. The van der Waals surface area contributed by atoms with Gasteiger partial charge in [-0.15, -0.1) is 0 Å². The summed E-state index contributed by atoms with van der Waals surface area (Å²) >= 11 is 0. The molecule has 0 saturated carbocycles. The van der Waals surface area contributed by atoms with E-state index >= 15 is 0 Å². The van der Waals surface area contributed by atoms with E-state index in [1.165, 1.54) is 0 Å². The predicted octanol–water partition coefficient (Wildman–Crippen LogP) is 3.21. The summed E-state index contributed by atoms with van der Waals surface area (Å²) in [5.74, 6) is 1.35. The van der Waals surface area contributed by atoms with Gasteiger partial charge in [0, 0.05) is 19.1 Å². The van der Waals surface area contributed by atoms with Gasteiger partial charge in [0.05, 0.1) is 18.9 Å². The molecule has 0 radical (unpaired) electrons. The smallest absolute Gasteiger partial charge is 0.255 e. The van der Waals surface area contributed by atoms with Gasteiger partial charge in [0.1, 0.15) is 18.1 Å². The molecular formula is C19H21NO4. The maximum absolute atomic E-state index is 12.5. The summed E-state index contributed by atoms with van der Waals surface area (Å²) in [5.41, 5.74) is 3.40. The van der Waals surface area contributed by atoms with Crippen molar-refractivity contribution in [2.45, 2.75) is 13.3 Å². The lowest BCUT2D eigenvalue weighted by Gasteiger charge is -2.13. The second-order valence-corrected chi connectivity index (χ2v) is 5.72. The van der Waals surface area contributed by atoms with Crippen LogP contribution in [0.5, 0.6) is 11.5 Å². The van der Waals surface area contributed by atoms with E-state index in [1.54, 1.807) is 13.2 Å². The second-order valence-electron chi connectivity index (χ2n) is 5.72. The number of hydrogen-bond acceptors (Lipinski definition) is 4. The lowest BCUT2D eigenvalue weighted by molar-refractivity contribution is 0.102. The number of carbonyl (C=O) groups excluding carboxylic acids is 1. The summed E-state index contributed by atoms with van der Waals surface area (Å²) in [7, 11) is 1.62. The molecule has 126 valence electrons. The van der Waals surface area contributed by atoms with E-state index in [0.29, 0.717) is 36.8 Å². The van der Waals surface area contributed by atoms with Crippen molar-refractivity contribution >= 4 is 11.6 Å². The zero-order valence-corrected chi connectivity index (χ0v) is 13.9. The standard InChI is InChI=1S/C19H21NO4/c1-13-3-5-16(18(11-13)24-10-9-22-2)20-19(21)15-4-6-17-14(12-15)7-8-23-17/h3-6,11-12H,7-10H2,1-2H3,(H,20,21). The Kier molecular flexibility index (Phi) is 5.01. The van der Waals surface area contributed by atoms with Crippen molar-refractivity contribution in [2.75, 3.05) is 32.2 Å². The maximum atomic E-state index is 12.5. The quantitative estimate of drug-likeness (QED) is 0.828. The average molecular weight is 327 g/mol. The Hall–Kier alpha value is -2.53. The predicted molar refractivity (Wildman–Crippen MR) is 92.1 cm³/mol. The van der Waals surface area contributed by atoms with Crippen molar-refractivity contribution in [2.24, 2.45) is 0 Å². The molecule has 0 fully saturated rings. The highest BCUT2D eigenvalue weighted by atomic mass is 16.5. The number of nitrogens with one attached hydrogen (secondary N) is 1. The van der Waals surface area contributed by atoms with E-state index in [4.69, 9.17) is 14.2 Å². The molecule has 24 heavy (non-hydrogen) atoms. The van der Waals surface area contributed by atoms with Crippen molar-refractivity contribution < 1.29 is 19.0 Å². The molecule has 0 aromatic heterocycles. The maximum Gasteiger partial charge on any atom is 0.255 e. The molecule has 0 bridgehead atoms. The minimum absolute atomic E-state index is 0.162. The number of hydrogen-bond donors (Lipinski definition) is 1. The van der Waals surface area contributed by atoms with E-state index in [1.807, 2.05) is 37.3 Å². The molecule has 0 saturated heterocycles. The molecule has 1 aliphatic heterocycles. The summed E-state index contributed by atoms with van der Waals surface area (Å²) in [6.45, 7) is 3.58. The van der Waals surface area contributed by atoms with Crippen LogP contribution in [0, 0.1) is 6.92 Å². The van der Waals surface area contributed by atoms with Gasteiger partial charge in [-0.1, -0.05) is 6.07 Å². The number of fused-ring (bicyclic) bond motifs is 1. The second kappa shape index (κ2) is 7.36. The molecule has 0 unspecified atom stereocenters. The van der Waals surface area contributed by atoms with Crippen LogP contribution in [0.15, 0.2) is 36.4 Å². The molecule has 3 rings (SSSR count). The van der Waals surface area contributed by atoms with Crippen LogP contribution in [0.2, 0.25) is 0 Å². The molecule has 5 heteroatoms. The topological polar surface area (TPSA) is 56.8 Å². The Bertz CT molecular complexity index is 742. The minimum Gasteiger partial charge on any atom is -0.493 e. The fraction of sp³-hybridized carbons (Fsp3) is 0.316. The van der Waals surface area contributed by atoms with Gasteiger partial charge in [0.25, 0.3) is 5.91 Å². The summed E-state index contributed by atoms with van der Waals surface area (Å²) in [4.78, 5) is 12.5. The lowest BCUT2D eigenvalue weighted by Crippen LogP contribution is -2.14. The Morgan fingerprint density at radius 2 is 2.08 bits per heavy atom. The van der Waals surface area contributed by atoms with Crippen molar-refractivity contribution in [3.8, 4) is 11.5 Å². The molecule has 1 amide bonds. The number of anilines is 1. The summed E-state index contributed by atoms with van der Waals surface area (Å²) < 4.78 is 16.2. The highest BCUT2D eigenvalue weighted by molar-refractivity contribution is 6.05. The number of methoxy groups -OCH3 is 1. The van der Waals surface area contributed by atoms with E-state index < -0.39 is 0 Å².